The van der Waals surface area contributed by atoms with Crippen molar-refractivity contribution in [3.8, 4) is 0 Å². The zero-order valence-corrected chi connectivity index (χ0v) is 6.22. The fraction of sp³-hybridized carbons (Fsp3) is 0.375. The molecule has 1 heterocycles. The average Bonchev–Trinajstić information content (AvgIpc) is 2.07. The standard InChI is InChI=1S/C8H12NO2/c10-7-4-8(11)9-5-2-1-3-6-9/h1-3,5-6,8,10-11H,4,7H2/q+1. The first-order chi connectivity index (χ1) is 5.34. The van der Waals surface area contributed by atoms with E-state index in [0.717, 1.165) is 0 Å². The van der Waals surface area contributed by atoms with Gasteiger partial charge >= 0.3 is 0 Å². The SMILES string of the molecule is OCCC(O)[n+]1ccccc1. The number of hydrogen-bond acceptors (Lipinski definition) is 2. The van der Waals surface area contributed by atoms with E-state index < -0.39 is 6.23 Å². The molecule has 0 fully saturated rings. The molecule has 0 aliphatic heterocycles. The summed E-state index contributed by atoms with van der Waals surface area (Å²) in [5.41, 5.74) is 0. The topological polar surface area (TPSA) is 44.3 Å². The van der Waals surface area contributed by atoms with Crippen LogP contribution in [0.15, 0.2) is 30.6 Å². The lowest BCUT2D eigenvalue weighted by Gasteiger charge is -2.01. The van der Waals surface area contributed by atoms with Crippen molar-refractivity contribution in [3.63, 3.8) is 0 Å². The molecule has 1 atom stereocenters. The van der Waals surface area contributed by atoms with E-state index in [4.69, 9.17) is 5.11 Å². The van der Waals surface area contributed by atoms with Gasteiger partial charge in [0.05, 0.1) is 13.0 Å². The molecule has 1 aromatic heterocycles. The summed E-state index contributed by atoms with van der Waals surface area (Å²) >= 11 is 0. The minimum atomic E-state index is -0.610. The molecule has 11 heavy (non-hydrogen) atoms. The van der Waals surface area contributed by atoms with Gasteiger partial charge in [-0.1, -0.05) is 6.07 Å². The molecule has 60 valence electrons. The van der Waals surface area contributed by atoms with Crippen LogP contribution in [0.5, 0.6) is 0 Å². The minimum Gasteiger partial charge on any atom is -0.396 e. The predicted molar refractivity (Wildman–Crippen MR) is 39.6 cm³/mol. The molecule has 0 aliphatic rings. The molecule has 1 rings (SSSR count). The Hall–Kier alpha value is -0.930. The molecule has 3 heteroatoms. The number of nitrogens with zero attached hydrogens (tertiary/aromatic N) is 1. The Balaban J connectivity index is 2.61. The summed E-state index contributed by atoms with van der Waals surface area (Å²) in [4.78, 5) is 0. The number of rotatable bonds is 3. The van der Waals surface area contributed by atoms with Crippen LogP contribution in [-0.4, -0.2) is 16.8 Å². The third-order valence-corrected chi connectivity index (χ3v) is 1.47. The molecule has 2 N–H and O–H groups in total. The van der Waals surface area contributed by atoms with Crippen LogP contribution in [0, 0.1) is 0 Å². The normalized spacial score (nSPS) is 12.9. The second kappa shape index (κ2) is 4.05. The van der Waals surface area contributed by atoms with Crippen LogP contribution in [0.2, 0.25) is 0 Å². The highest BCUT2D eigenvalue weighted by Gasteiger charge is 2.10. The second-order valence-corrected chi connectivity index (χ2v) is 2.32. The second-order valence-electron chi connectivity index (χ2n) is 2.32. The van der Waals surface area contributed by atoms with Crippen LogP contribution < -0.4 is 4.57 Å². The maximum absolute atomic E-state index is 9.32. The Morgan fingerprint density at radius 3 is 2.36 bits per heavy atom. The van der Waals surface area contributed by atoms with E-state index in [1.807, 2.05) is 18.2 Å². The monoisotopic (exact) mass is 154 g/mol. The molecule has 0 amide bonds. The van der Waals surface area contributed by atoms with Crippen LogP contribution in [0.1, 0.15) is 12.6 Å². The number of pyridine rings is 1. The van der Waals surface area contributed by atoms with Crippen molar-refractivity contribution in [2.24, 2.45) is 0 Å². The molecule has 0 radical (unpaired) electrons. The van der Waals surface area contributed by atoms with Gasteiger partial charge in [0.1, 0.15) is 0 Å². The Labute approximate surface area is 65.5 Å². The highest BCUT2D eigenvalue weighted by molar-refractivity contribution is 4.83. The van der Waals surface area contributed by atoms with E-state index >= 15 is 0 Å². The van der Waals surface area contributed by atoms with Crippen LogP contribution in [0.25, 0.3) is 0 Å². The fourth-order valence-electron chi connectivity index (χ4n) is 0.875. The third-order valence-electron chi connectivity index (χ3n) is 1.47. The van der Waals surface area contributed by atoms with Gasteiger partial charge in [0, 0.05) is 12.1 Å². The summed E-state index contributed by atoms with van der Waals surface area (Å²) in [6, 6.07) is 5.54. The zero-order valence-electron chi connectivity index (χ0n) is 6.22. The van der Waals surface area contributed by atoms with Crippen LogP contribution >= 0.6 is 0 Å². The van der Waals surface area contributed by atoms with Crippen molar-refractivity contribution in [2.75, 3.05) is 6.61 Å². The molecule has 0 aromatic carbocycles. The smallest absolute Gasteiger partial charge is 0.262 e. The van der Waals surface area contributed by atoms with Crippen molar-refractivity contribution in [1.82, 2.24) is 0 Å². The summed E-state index contributed by atoms with van der Waals surface area (Å²) in [7, 11) is 0. The predicted octanol–water partition coefficient (Wildman–Crippen LogP) is -0.153. The summed E-state index contributed by atoms with van der Waals surface area (Å²) in [5, 5.41) is 17.8. The minimum absolute atomic E-state index is 0.00304. The number of hydrogen-bond donors (Lipinski definition) is 2. The van der Waals surface area contributed by atoms with E-state index in [1.165, 1.54) is 0 Å². The molecule has 1 aromatic rings. The Bertz CT molecular complexity index is 201. The third kappa shape index (κ3) is 2.29. The van der Waals surface area contributed by atoms with Gasteiger partial charge in [0.25, 0.3) is 6.23 Å². The van der Waals surface area contributed by atoms with Crippen LogP contribution in [0.4, 0.5) is 0 Å². The molecule has 0 bridgehead atoms. The van der Waals surface area contributed by atoms with Crippen molar-refractivity contribution in [2.45, 2.75) is 12.6 Å². The van der Waals surface area contributed by atoms with Gasteiger partial charge in [0.15, 0.2) is 12.4 Å². The van der Waals surface area contributed by atoms with Crippen molar-refractivity contribution >= 4 is 0 Å². The van der Waals surface area contributed by atoms with Crippen LogP contribution in [0.3, 0.4) is 0 Å². The Morgan fingerprint density at radius 1 is 1.18 bits per heavy atom. The number of aliphatic hydroxyl groups is 2. The lowest BCUT2D eigenvalue weighted by Crippen LogP contribution is -2.38. The quantitative estimate of drug-likeness (QED) is 0.594. The summed E-state index contributed by atoms with van der Waals surface area (Å²) in [5.74, 6) is 0. The summed E-state index contributed by atoms with van der Waals surface area (Å²) in [6.07, 6.45) is 3.29. The average molecular weight is 154 g/mol. The highest BCUT2D eigenvalue weighted by atomic mass is 16.3. The van der Waals surface area contributed by atoms with E-state index in [-0.39, 0.29) is 6.61 Å². The zero-order chi connectivity index (χ0) is 8.10. The van der Waals surface area contributed by atoms with E-state index in [9.17, 15) is 5.11 Å². The van der Waals surface area contributed by atoms with Gasteiger partial charge in [-0.05, 0) is 0 Å². The van der Waals surface area contributed by atoms with E-state index in [2.05, 4.69) is 0 Å². The first-order valence-electron chi connectivity index (χ1n) is 3.59. The van der Waals surface area contributed by atoms with Gasteiger partial charge in [-0.3, -0.25) is 0 Å². The Kier molecular flexibility index (Phi) is 3.01. The van der Waals surface area contributed by atoms with Crippen LogP contribution in [-0.2, 0) is 0 Å². The molecule has 0 aliphatic carbocycles. The van der Waals surface area contributed by atoms with Gasteiger partial charge in [-0.2, -0.15) is 4.57 Å². The lowest BCUT2D eigenvalue weighted by molar-refractivity contribution is -0.760. The molecule has 1 unspecified atom stereocenters. The largest absolute Gasteiger partial charge is 0.396 e. The van der Waals surface area contributed by atoms with Gasteiger partial charge in [-0.15, -0.1) is 0 Å². The Morgan fingerprint density at radius 2 is 1.82 bits per heavy atom. The number of aromatic nitrogens is 1. The maximum Gasteiger partial charge on any atom is 0.262 e. The van der Waals surface area contributed by atoms with Crippen molar-refractivity contribution in [1.29, 1.82) is 0 Å². The van der Waals surface area contributed by atoms with Crippen molar-refractivity contribution in [3.05, 3.63) is 30.6 Å². The van der Waals surface area contributed by atoms with Gasteiger partial charge in [-0.25, -0.2) is 0 Å². The molecule has 3 nitrogen and oxygen atoms in total. The molecule has 0 saturated carbocycles. The molecule has 0 spiro atoms. The molecular formula is C8H12NO2+. The summed E-state index contributed by atoms with van der Waals surface area (Å²) in [6.45, 7) is 0.00304. The number of aliphatic hydroxyl groups excluding tert-OH is 2. The van der Waals surface area contributed by atoms with Gasteiger partial charge < -0.3 is 10.2 Å². The van der Waals surface area contributed by atoms with E-state index in [0.29, 0.717) is 6.42 Å². The van der Waals surface area contributed by atoms with E-state index in [1.54, 1.807) is 17.0 Å². The molecular weight excluding hydrogens is 142 g/mol. The maximum atomic E-state index is 9.32. The first-order valence-corrected chi connectivity index (χ1v) is 3.59. The summed E-state index contributed by atoms with van der Waals surface area (Å²) < 4.78 is 1.65. The van der Waals surface area contributed by atoms with Gasteiger partial charge in [0.2, 0.25) is 0 Å². The first kappa shape index (κ1) is 8.17. The molecule has 0 saturated heterocycles. The lowest BCUT2D eigenvalue weighted by atomic mass is 10.4. The van der Waals surface area contributed by atoms with Crippen molar-refractivity contribution < 1.29 is 14.8 Å². The fourth-order valence-corrected chi connectivity index (χ4v) is 0.875. The highest BCUT2D eigenvalue weighted by Crippen LogP contribution is 1.94.